The highest BCUT2D eigenvalue weighted by molar-refractivity contribution is 8.14. The minimum absolute atomic E-state index is 0.0328. The number of ether oxygens (including phenoxy) is 1. The highest BCUT2D eigenvalue weighted by atomic mass is 32.2. The Bertz CT molecular complexity index is 1050. The topological polar surface area (TPSA) is 63.6 Å². The third-order valence-corrected chi connectivity index (χ3v) is 10.8. The first-order valence-electron chi connectivity index (χ1n) is 12.7. The summed E-state index contributed by atoms with van der Waals surface area (Å²) in [5, 5.41) is 11.3. The van der Waals surface area contributed by atoms with Gasteiger partial charge >= 0.3 is 0 Å². The Kier molecular flexibility index (Phi) is 6.19. The largest absolute Gasteiger partial charge is 0.461 e. The van der Waals surface area contributed by atoms with E-state index < -0.39 is 34.7 Å². The summed E-state index contributed by atoms with van der Waals surface area (Å²) in [5.41, 5.74) is -3.67. The van der Waals surface area contributed by atoms with Crippen LogP contribution in [0.25, 0.3) is 0 Å². The Morgan fingerprint density at radius 3 is 2.80 bits per heavy atom. The number of fused-ring (bicyclic) bond motifs is 5. The minimum atomic E-state index is -2.05. The molecule has 0 amide bonds. The van der Waals surface area contributed by atoms with Crippen LogP contribution in [0, 0.1) is 34.5 Å². The lowest BCUT2D eigenvalue weighted by atomic mass is 9.45. The van der Waals surface area contributed by atoms with Gasteiger partial charge in [-0.2, -0.15) is 0 Å². The molecule has 0 radical (unpaired) electrons. The van der Waals surface area contributed by atoms with Gasteiger partial charge in [-0.1, -0.05) is 31.7 Å². The van der Waals surface area contributed by atoms with Gasteiger partial charge in [0, 0.05) is 17.1 Å². The third-order valence-electron chi connectivity index (χ3n) is 9.77. The Balaban J connectivity index is 1.42. The van der Waals surface area contributed by atoms with Crippen molar-refractivity contribution >= 4 is 22.7 Å². The molecule has 0 spiro atoms. The van der Waals surface area contributed by atoms with E-state index in [1.807, 2.05) is 12.2 Å². The first kappa shape index (κ1) is 24.9. The van der Waals surface area contributed by atoms with Crippen molar-refractivity contribution in [1.82, 2.24) is 0 Å². The number of halogens is 2. The van der Waals surface area contributed by atoms with E-state index in [9.17, 15) is 14.7 Å². The van der Waals surface area contributed by atoms with Gasteiger partial charge < -0.3 is 9.84 Å². The SMILES string of the molecule is C[C@@H]1CC2C3C[C@H](F)C4=CC(=O)C=CC4(C)[C@@]3(F)C(O)CC2(C)C1CSC(=O)C1=CCCC=CO1. The third kappa shape index (κ3) is 3.63. The smallest absolute Gasteiger partial charge is 0.254 e. The lowest BCUT2D eigenvalue weighted by Gasteiger charge is -2.62. The molecule has 6 unspecified atom stereocenters. The van der Waals surface area contributed by atoms with E-state index >= 15 is 8.78 Å². The van der Waals surface area contributed by atoms with Crippen LogP contribution in [-0.2, 0) is 14.3 Å². The van der Waals surface area contributed by atoms with Crippen molar-refractivity contribution in [2.24, 2.45) is 34.5 Å². The van der Waals surface area contributed by atoms with Gasteiger partial charge in [-0.3, -0.25) is 9.59 Å². The molecule has 0 aromatic heterocycles. The number of carbonyl (C=O) groups excluding carboxylic acids is 2. The first-order chi connectivity index (χ1) is 16.5. The highest BCUT2D eigenvalue weighted by Crippen LogP contribution is 2.70. The maximum Gasteiger partial charge on any atom is 0.254 e. The molecule has 7 heteroatoms. The van der Waals surface area contributed by atoms with Crippen molar-refractivity contribution in [3.8, 4) is 0 Å². The maximum absolute atomic E-state index is 17.2. The van der Waals surface area contributed by atoms with Crippen molar-refractivity contribution in [3.63, 3.8) is 0 Å². The second-order valence-electron chi connectivity index (χ2n) is 11.5. The zero-order valence-corrected chi connectivity index (χ0v) is 21.3. The number of aliphatic hydroxyl groups is 1. The van der Waals surface area contributed by atoms with E-state index in [-0.39, 0.29) is 47.1 Å². The molecule has 4 aliphatic carbocycles. The number of hydrogen-bond donors (Lipinski definition) is 1. The molecule has 3 saturated carbocycles. The van der Waals surface area contributed by atoms with Gasteiger partial charge in [0.2, 0.25) is 0 Å². The molecule has 5 aliphatic rings. The van der Waals surface area contributed by atoms with Crippen LogP contribution >= 0.6 is 11.8 Å². The summed E-state index contributed by atoms with van der Waals surface area (Å²) >= 11 is 1.22. The zero-order valence-electron chi connectivity index (χ0n) is 20.5. The first-order valence-corrected chi connectivity index (χ1v) is 13.7. The number of allylic oxidation sites excluding steroid dienone is 6. The molecular weight excluding hydrogens is 470 g/mol. The van der Waals surface area contributed by atoms with Gasteiger partial charge in [-0.25, -0.2) is 8.78 Å². The number of alkyl halides is 2. The van der Waals surface area contributed by atoms with E-state index in [0.29, 0.717) is 11.5 Å². The van der Waals surface area contributed by atoms with Crippen molar-refractivity contribution in [2.75, 3.05) is 5.75 Å². The molecule has 0 aromatic carbocycles. The molecular formula is C28H34F2O4S. The van der Waals surface area contributed by atoms with E-state index in [1.165, 1.54) is 30.0 Å². The fourth-order valence-corrected chi connectivity index (χ4v) is 9.25. The van der Waals surface area contributed by atoms with Gasteiger partial charge in [0.1, 0.15) is 6.17 Å². The summed E-state index contributed by atoms with van der Waals surface area (Å²) in [6, 6.07) is 0. The second kappa shape index (κ2) is 8.69. The van der Waals surface area contributed by atoms with Crippen molar-refractivity contribution in [3.05, 3.63) is 48.0 Å². The normalized spacial score (nSPS) is 46.5. The Labute approximate surface area is 209 Å². The van der Waals surface area contributed by atoms with Crippen LogP contribution in [0.4, 0.5) is 8.78 Å². The standard InChI is InChI=1S/C28H34F2O4S/c1-16-11-18-19-13-22(29)20-12-17(31)8-9-27(20,3)28(19,30)24(32)14-26(18,2)21(16)15-35-25(33)23-7-5-4-6-10-34-23/h6-10,12,16,18-19,21-22,24,32H,4-5,11,13-15H2,1-3H3/t16-,18?,19?,21?,22+,24?,26?,27?,28+/m1/s1. The number of ketones is 1. The average Bonchev–Trinajstić information content (AvgIpc) is 2.98. The molecule has 1 N–H and O–H groups in total. The van der Waals surface area contributed by atoms with Crippen LogP contribution < -0.4 is 0 Å². The maximum atomic E-state index is 17.2. The van der Waals surface area contributed by atoms with Gasteiger partial charge in [-0.05, 0) is 92.1 Å². The quantitative estimate of drug-likeness (QED) is 0.539. The number of aliphatic hydroxyl groups excluding tert-OH is 1. The lowest BCUT2D eigenvalue weighted by molar-refractivity contribution is -0.200. The second-order valence-corrected chi connectivity index (χ2v) is 12.5. The van der Waals surface area contributed by atoms with Gasteiger partial charge in [0.05, 0.1) is 12.4 Å². The molecule has 35 heavy (non-hydrogen) atoms. The van der Waals surface area contributed by atoms with E-state index in [0.717, 1.165) is 19.3 Å². The average molecular weight is 505 g/mol. The van der Waals surface area contributed by atoms with Crippen molar-refractivity contribution in [2.45, 2.75) is 70.8 Å². The summed E-state index contributed by atoms with van der Waals surface area (Å²) < 4.78 is 38.1. The fourth-order valence-electron chi connectivity index (χ4n) is 7.94. The Morgan fingerprint density at radius 1 is 1.26 bits per heavy atom. The molecule has 9 atom stereocenters. The summed E-state index contributed by atoms with van der Waals surface area (Å²) in [6.45, 7) is 5.84. The van der Waals surface area contributed by atoms with Crippen LogP contribution in [0.1, 0.15) is 52.9 Å². The summed E-state index contributed by atoms with van der Waals surface area (Å²) in [4.78, 5) is 24.8. The molecule has 3 fully saturated rings. The summed E-state index contributed by atoms with van der Waals surface area (Å²) in [7, 11) is 0. The van der Waals surface area contributed by atoms with Gasteiger partial charge in [-0.15, -0.1) is 0 Å². The molecule has 1 aliphatic heterocycles. The predicted octanol–water partition coefficient (Wildman–Crippen LogP) is 5.64. The van der Waals surface area contributed by atoms with Gasteiger partial charge in [0.25, 0.3) is 5.12 Å². The van der Waals surface area contributed by atoms with Crippen LogP contribution in [0.2, 0.25) is 0 Å². The number of rotatable bonds is 3. The van der Waals surface area contributed by atoms with Crippen LogP contribution in [0.3, 0.4) is 0 Å². The molecule has 1 heterocycles. The monoisotopic (exact) mass is 504 g/mol. The zero-order chi connectivity index (χ0) is 25.2. The number of hydrogen-bond acceptors (Lipinski definition) is 5. The summed E-state index contributed by atoms with van der Waals surface area (Å²) in [5.74, 6) is 0.0520. The number of thioether (sulfide) groups is 1. The van der Waals surface area contributed by atoms with E-state index in [4.69, 9.17) is 4.74 Å². The van der Waals surface area contributed by atoms with Crippen molar-refractivity contribution < 1.29 is 28.2 Å². The number of carbonyl (C=O) groups is 2. The molecule has 4 nitrogen and oxygen atoms in total. The molecule has 5 rings (SSSR count). The predicted molar refractivity (Wildman–Crippen MR) is 132 cm³/mol. The fraction of sp³-hybridized carbons (Fsp3) is 0.643. The van der Waals surface area contributed by atoms with E-state index in [1.54, 1.807) is 13.2 Å². The lowest BCUT2D eigenvalue weighted by Crippen LogP contribution is -2.68. The molecule has 0 bridgehead atoms. The molecule has 0 aromatic rings. The van der Waals surface area contributed by atoms with Crippen LogP contribution in [-0.4, -0.2) is 39.7 Å². The van der Waals surface area contributed by atoms with Crippen LogP contribution in [0.5, 0.6) is 0 Å². The Hall–Kier alpha value is -1.73. The molecule has 190 valence electrons. The van der Waals surface area contributed by atoms with Crippen LogP contribution in [0.15, 0.2) is 48.0 Å². The minimum Gasteiger partial charge on any atom is -0.461 e. The van der Waals surface area contributed by atoms with Crippen molar-refractivity contribution in [1.29, 1.82) is 0 Å². The van der Waals surface area contributed by atoms with E-state index in [2.05, 4.69) is 13.8 Å². The van der Waals surface area contributed by atoms with Gasteiger partial charge in [0.15, 0.2) is 17.2 Å². The molecule has 0 saturated heterocycles. The summed E-state index contributed by atoms with van der Waals surface area (Å²) in [6.07, 6.45) is 9.09. The Morgan fingerprint density at radius 2 is 2.03 bits per heavy atom. The highest BCUT2D eigenvalue weighted by Gasteiger charge is 2.72.